The van der Waals surface area contributed by atoms with Gasteiger partial charge in [-0.25, -0.2) is 0 Å². The standard InChI is InChI=1S/C23H42O2Si2/c1-10-22(26(6,7)20-15-12-11-13-16-20)19(2)21(24)17-14-18-25-27(8,9)23(3,4)5/h10-13,15-16,19,21-22,24H,1,14,17-18H2,2-9H3. The molecule has 1 N–H and O–H groups in total. The predicted octanol–water partition coefficient (Wildman–Crippen LogP) is 5.96. The molecule has 0 bridgehead atoms. The monoisotopic (exact) mass is 406 g/mol. The number of rotatable bonds is 10. The van der Waals surface area contributed by atoms with Gasteiger partial charge in [-0.05, 0) is 42.4 Å². The summed E-state index contributed by atoms with van der Waals surface area (Å²) < 4.78 is 6.26. The third-order valence-corrected chi connectivity index (χ3v) is 15.5. The van der Waals surface area contributed by atoms with E-state index >= 15 is 0 Å². The van der Waals surface area contributed by atoms with Crippen molar-refractivity contribution in [1.29, 1.82) is 0 Å². The lowest BCUT2D eigenvalue weighted by atomic mass is 9.96. The minimum absolute atomic E-state index is 0.206. The summed E-state index contributed by atoms with van der Waals surface area (Å²) in [7, 11) is -3.44. The average Bonchev–Trinajstić information content (AvgIpc) is 2.58. The van der Waals surface area contributed by atoms with Gasteiger partial charge < -0.3 is 9.53 Å². The van der Waals surface area contributed by atoms with Crippen LogP contribution in [0.15, 0.2) is 43.0 Å². The lowest BCUT2D eigenvalue weighted by Crippen LogP contribution is -2.49. The number of benzene rings is 1. The smallest absolute Gasteiger partial charge is 0.191 e. The maximum atomic E-state index is 10.8. The van der Waals surface area contributed by atoms with Crippen molar-refractivity contribution in [3.63, 3.8) is 0 Å². The average molecular weight is 407 g/mol. The molecule has 1 rings (SSSR count). The molecule has 0 amide bonds. The van der Waals surface area contributed by atoms with Crippen molar-refractivity contribution in [2.24, 2.45) is 5.92 Å². The Bertz CT molecular complexity index is 576. The molecular weight excluding hydrogens is 364 g/mol. The highest BCUT2D eigenvalue weighted by Crippen LogP contribution is 2.37. The van der Waals surface area contributed by atoms with Crippen molar-refractivity contribution in [2.45, 2.75) is 83.4 Å². The Morgan fingerprint density at radius 3 is 2.15 bits per heavy atom. The molecule has 27 heavy (non-hydrogen) atoms. The first kappa shape index (κ1) is 24.4. The fraction of sp³-hybridized carbons (Fsp3) is 0.652. The minimum Gasteiger partial charge on any atom is -0.417 e. The van der Waals surface area contributed by atoms with Crippen LogP contribution in [0.4, 0.5) is 0 Å². The van der Waals surface area contributed by atoms with E-state index in [4.69, 9.17) is 4.43 Å². The molecule has 3 unspecified atom stereocenters. The van der Waals surface area contributed by atoms with Crippen LogP contribution in [-0.2, 0) is 4.43 Å². The lowest BCUT2D eigenvalue weighted by Gasteiger charge is -2.38. The van der Waals surface area contributed by atoms with Crippen molar-refractivity contribution in [1.82, 2.24) is 0 Å². The molecule has 0 saturated heterocycles. The minimum atomic E-state index is -1.74. The zero-order chi connectivity index (χ0) is 20.9. The molecule has 2 nitrogen and oxygen atoms in total. The first-order valence-corrected chi connectivity index (χ1v) is 16.3. The van der Waals surface area contributed by atoms with Crippen LogP contribution in [0, 0.1) is 5.92 Å². The molecule has 0 fully saturated rings. The highest BCUT2D eigenvalue weighted by molar-refractivity contribution is 6.91. The fourth-order valence-electron chi connectivity index (χ4n) is 3.57. The molecule has 0 aromatic heterocycles. The highest BCUT2D eigenvalue weighted by Gasteiger charge is 2.38. The molecule has 0 heterocycles. The van der Waals surface area contributed by atoms with Crippen LogP contribution in [0.3, 0.4) is 0 Å². The summed E-state index contributed by atoms with van der Waals surface area (Å²) >= 11 is 0. The maximum absolute atomic E-state index is 10.8. The molecule has 154 valence electrons. The first-order chi connectivity index (χ1) is 12.3. The van der Waals surface area contributed by atoms with Gasteiger partial charge in [0.2, 0.25) is 0 Å². The van der Waals surface area contributed by atoms with Gasteiger partial charge in [-0.15, -0.1) is 6.58 Å². The summed E-state index contributed by atoms with van der Waals surface area (Å²) in [4.78, 5) is 0. The summed E-state index contributed by atoms with van der Waals surface area (Å²) in [6, 6.07) is 10.8. The summed E-state index contributed by atoms with van der Waals surface area (Å²) in [5.74, 6) is 0.206. The normalized spacial score (nSPS) is 16.6. The molecule has 3 atom stereocenters. The van der Waals surface area contributed by atoms with E-state index in [0.29, 0.717) is 5.54 Å². The van der Waals surface area contributed by atoms with Crippen molar-refractivity contribution in [3.8, 4) is 0 Å². The van der Waals surface area contributed by atoms with Gasteiger partial charge in [-0.2, -0.15) is 0 Å². The van der Waals surface area contributed by atoms with Crippen LogP contribution < -0.4 is 5.19 Å². The van der Waals surface area contributed by atoms with Crippen LogP contribution in [0.25, 0.3) is 0 Å². The summed E-state index contributed by atoms with van der Waals surface area (Å²) in [5, 5.41) is 12.5. The second kappa shape index (κ2) is 9.68. The van der Waals surface area contributed by atoms with E-state index < -0.39 is 16.4 Å². The van der Waals surface area contributed by atoms with E-state index in [2.05, 4.69) is 96.9 Å². The second-order valence-corrected chi connectivity index (χ2v) is 19.5. The first-order valence-electron chi connectivity index (χ1n) is 10.3. The highest BCUT2D eigenvalue weighted by atomic mass is 28.4. The quantitative estimate of drug-likeness (QED) is 0.295. The van der Waals surface area contributed by atoms with E-state index in [1.165, 1.54) is 5.19 Å². The number of hydrogen-bond donors (Lipinski definition) is 1. The molecule has 0 radical (unpaired) electrons. The number of aliphatic hydroxyl groups is 1. The lowest BCUT2D eigenvalue weighted by molar-refractivity contribution is 0.0994. The zero-order valence-electron chi connectivity index (χ0n) is 18.9. The summed E-state index contributed by atoms with van der Waals surface area (Å²) in [6.07, 6.45) is 3.47. The third kappa shape index (κ3) is 6.41. The SMILES string of the molecule is C=CC(C(C)C(O)CCCO[Si](C)(C)C(C)(C)C)[Si](C)(C)c1ccccc1. The maximum Gasteiger partial charge on any atom is 0.191 e. The third-order valence-electron chi connectivity index (χ3n) is 6.69. The topological polar surface area (TPSA) is 29.5 Å². The van der Waals surface area contributed by atoms with Gasteiger partial charge in [0, 0.05) is 6.61 Å². The van der Waals surface area contributed by atoms with Crippen LogP contribution in [0.5, 0.6) is 0 Å². The molecule has 4 heteroatoms. The van der Waals surface area contributed by atoms with Gasteiger partial charge in [-0.3, -0.25) is 0 Å². The molecule has 0 spiro atoms. The van der Waals surface area contributed by atoms with E-state index in [9.17, 15) is 5.11 Å². The fourth-order valence-corrected chi connectivity index (χ4v) is 8.22. The van der Waals surface area contributed by atoms with Crippen LogP contribution in [-0.4, -0.2) is 34.2 Å². The Hall–Kier alpha value is -0.686. The molecule has 0 aliphatic heterocycles. The van der Waals surface area contributed by atoms with Crippen molar-refractivity contribution < 1.29 is 9.53 Å². The Balaban J connectivity index is 2.66. The number of hydrogen-bond acceptors (Lipinski definition) is 2. The molecule has 0 aliphatic carbocycles. The van der Waals surface area contributed by atoms with Crippen molar-refractivity contribution >= 4 is 21.6 Å². The Morgan fingerprint density at radius 2 is 1.67 bits per heavy atom. The van der Waals surface area contributed by atoms with Crippen molar-refractivity contribution in [3.05, 3.63) is 43.0 Å². The summed E-state index contributed by atoms with van der Waals surface area (Å²) in [6.45, 7) is 23.2. The Morgan fingerprint density at radius 1 is 1.11 bits per heavy atom. The van der Waals surface area contributed by atoms with Crippen molar-refractivity contribution in [2.75, 3.05) is 6.61 Å². The van der Waals surface area contributed by atoms with Gasteiger partial charge in [0.25, 0.3) is 0 Å². The van der Waals surface area contributed by atoms with Gasteiger partial charge in [0.05, 0.1) is 14.2 Å². The van der Waals surface area contributed by atoms with Gasteiger partial charge in [-0.1, -0.05) is 82.4 Å². The number of aliphatic hydroxyl groups excluding tert-OH is 1. The van der Waals surface area contributed by atoms with E-state index in [1.54, 1.807) is 0 Å². The largest absolute Gasteiger partial charge is 0.417 e. The Kier molecular flexibility index (Phi) is 8.73. The van der Waals surface area contributed by atoms with Gasteiger partial charge in [0.1, 0.15) is 0 Å². The second-order valence-electron chi connectivity index (χ2n) is 10.0. The van der Waals surface area contributed by atoms with E-state index in [-0.39, 0.29) is 17.1 Å². The Labute approximate surface area is 170 Å². The molecule has 0 aliphatic rings. The van der Waals surface area contributed by atoms with Crippen LogP contribution in [0.2, 0.25) is 36.8 Å². The van der Waals surface area contributed by atoms with Crippen LogP contribution in [0.1, 0.15) is 40.5 Å². The predicted molar refractivity (Wildman–Crippen MR) is 125 cm³/mol. The summed E-state index contributed by atoms with van der Waals surface area (Å²) in [5.41, 5.74) is 0.344. The molecular formula is C23H42O2Si2. The van der Waals surface area contributed by atoms with E-state index in [1.807, 2.05) is 0 Å². The van der Waals surface area contributed by atoms with Crippen LogP contribution >= 0.6 is 0 Å². The zero-order valence-corrected chi connectivity index (χ0v) is 20.9. The van der Waals surface area contributed by atoms with E-state index in [0.717, 1.165) is 19.4 Å². The molecule has 1 aromatic rings. The van der Waals surface area contributed by atoms with Gasteiger partial charge in [0.15, 0.2) is 8.32 Å². The number of allylic oxidation sites excluding steroid dienone is 1. The van der Waals surface area contributed by atoms with Gasteiger partial charge >= 0.3 is 0 Å². The molecule has 0 saturated carbocycles. The molecule has 1 aromatic carbocycles.